The summed E-state index contributed by atoms with van der Waals surface area (Å²) in [6, 6.07) is 3.32. The number of piperidine rings is 1. The lowest BCUT2D eigenvalue weighted by Gasteiger charge is -2.41. The van der Waals surface area contributed by atoms with Crippen molar-refractivity contribution in [1.29, 1.82) is 0 Å². The molecule has 6 nitrogen and oxygen atoms in total. The first-order chi connectivity index (χ1) is 14.8. The van der Waals surface area contributed by atoms with Gasteiger partial charge in [-0.2, -0.15) is 0 Å². The van der Waals surface area contributed by atoms with E-state index in [2.05, 4.69) is 0 Å². The van der Waals surface area contributed by atoms with E-state index in [0.29, 0.717) is 38.8 Å². The Morgan fingerprint density at radius 2 is 2.00 bits per heavy atom. The number of hydrogen-bond donors (Lipinski definition) is 0. The number of esters is 1. The van der Waals surface area contributed by atoms with E-state index in [9.17, 15) is 23.2 Å². The van der Waals surface area contributed by atoms with Crippen LogP contribution in [0.5, 0.6) is 0 Å². The molecule has 170 valence electrons. The van der Waals surface area contributed by atoms with Gasteiger partial charge < -0.3 is 14.5 Å². The molecule has 8 heteroatoms. The molecule has 0 N–H and O–H groups in total. The number of likely N-dealkylation sites (tertiary alicyclic amines) is 2. The molecule has 2 saturated heterocycles. The summed E-state index contributed by atoms with van der Waals surface area (Å²) in [4.78, 5) is 40.9. The molecule has 0 aromatic heterocycles. The first kappa shape index (κ1) is 23.2. The minimum absolute atomic E-state index is 0.0456. The van der Waals surface area contributed by atoms with Crippen LogP contribution in [0.2, 0.25) is 0 Å². The van der Waals surface area contributed by atoms with Gasteiger partial charge in [0.05, 0.1) is 12.0 Å². The number of rotatable bonds is 8. The Morgan fingerprint density at radius 3 is 2.68 bits per heavy atom. The van der Waals surface area contributed by atoms with E-state index in [1.165, 1.54) is 12.1 Å². The predicted octanol–water partition coefficient (Wildman–Crippen LogP) is 3.08. The fourth-order valence-corrected chi connectivity index (χ4v) is 4.56. The van der Waals surface area contributed by atoms with Gasteiger partial charge >= 0.3 is 5.97 Å². The summed E-state index contributed by atoms with van der Waals surface area (Å²) >= 11 is 0. The highest BCUT2D eigenvalue weighted by Gasteiger charge is 2.45. The van der Waals surface area contributed by atoms with Gasteiger partial charge in [0.25, 0.3) is 0 Å². The van der Waals surface area contributed by atoms with Crippen molar-refractivity contribution in [3.8, 4) is 0 Å². The van der Waals surface area contributed by atoms with Crippen LogP contribution >= 0.6 is 0 Å². The Kier molecular flexibility index (Phi) is 7.62. The first-order valence-corrected chi connectivity index (χ1v) is 11.0. The normalized spacial score (nSPS) is 21.5. The lowest BCUT2D eigenvalue weighted by Crippen LogP contribution is -2.51. The fraction of sp³-hybridized carbons (Fsp3) is 0.609. The smallest absolute Gasteiger partial charge is 0.314 e. The number of amides is 2. The molecule has 1 unspecified atom stereocenters. The van der Waals surface area contributed by atoms with Gasteiger partial charge in [-0.3, -0.25) is 14.4 Å². The molecular weight excluding hydrogens is 406 g/mol. The third-order valence-corrected chi connectivity index (χ3v) is 6.17. The molecule has 2 heterocycles. The molecule has 2 amide bonds. The third-order valence-electron chi connectivity index (χ3n) is 6.17. The van der Waals surface area contributed by atoms with Gasteiger partial charge in [-0.25, -0.2) is 8.78 Å². The fourth-order valence-electron chi connectivity index (χ4n) is 4.56. The van der Waals surface area contributed by atoms with E-state index in [0.717, 1.165) is 19.0 Å². The minimum atomic E-state index is -1.06. The Morgan fingerprint density at radius 1 is 1.19 bits per heavy atom. The van der Waals surface area contributed by atoms with E-state index in [1.807, 2.05) is 0 Å². The standard InChI is InChI=1S/C23H30F2N2O4/c1-2-31-22(30)23(15-17-8-9-18(24)14-19(17)25)10-5-13-27(16-23)21(29)7-4-12-26-11-3-6-20(26)28/h8-9,14H,2-7,10-13,15-16H2,1H3. The number of carbonyl (C=O) groups is 3. The summed E-state index contributed by atoms with van der Waals surface area (Å²) in [5, 5.41) is 0. The summed E-state index contributed by atoms with van der Waals surface area (Å²) in [5.41, 5.74) is -0.829. The second kappa shape index (κ2) is 10.2. The summed E-state index contributed by atoms with van der Waals surface area (Å²) in [6.45, 7) is 3.85. The summed E-state index contributed by atoms with van der Waals surface area (Å²) < 4.78 is 32.9. The monoisotopic (exact) mass is 436 g/mol. The zero-order valence-electron chi connectivity index (χ0n) is 18.0. The molecule has 2 aliphatic rings. The molecule has 1 aromatic rings. The van der Waals surface area contributed by atoms with Crippen molar-refractivity contribution in [2.45, 2.75) is 51.9 Å². The summed E-state index contributed by atoms with van der Waals surface area (Å²) in [7, 11) is 0. The van der Waals surface area contributed by atoms with Crippen LogP contribution in [0.25, 0.3) is 0 Å². The molecule has 0 saturated carbocycles. The van der Waals surface area contributed by atoms with Gasteiger partial charge in [0, 0.05) is 45.1 Å². The molecule has 31 heavy (non-hydrogen) atoms. The maximum atomic E-state index is 14.3. The first-order valence-electron chi connectivity index (χ1n) is 11.0. The van der Waals surface area contributed by atoms with Crippen LogP contribution in [0.15, 0.2) is 18.2 Å². The van der Waals surface area contributed by atoms with Gasteiger partial charge in [0.15, 0.2) is 0 Å². The molecule has 1 atom stereocenters. The van der Waals surface area contributed by atoms with Crippen molar-refractivity contribution < 1.29 is 27.9 Å². The second-order valence-corrected chi connectivity index (χ2v) is 8.42. The minimum Gasteiger partial charge on any atom is -0.466 e. The van der Waals surface area contributed by atoms with Crippen molar-refractivity contribution in [3.63, 3.8) is 0 Å². The van der Waals surface area contributed by atoms with E-state index in [1.54, 1.807) is 16.7 Å². The van der Waals surface area contributed by atoms with E-state index >= 15 is 0 Å². The van der Waals surface area contributed by atoms with E-state index < -0.39 is 23.0 Å². The molecular formula is C23H30F2N2O4. The summed E-state index contributed by atoms with van der Waals surface area (Å²) in [5.74, 6) is -1.79. The Balaban J connectivity index is 1.68. The Labute approximate surface area is 181 Å². The largest absolute Gasteiger partial charge is 0.466 e. The van der Waals surface area contributed by atoms with Crippen molar-refractivity contribution >= 4 is 17.8 Å². The average molecular weight is 436 g/mol. The van der Waals surface area contributed by atoms with Gasteiger partial charge in [0.1, 0.15) is 11.6 Å². The molecule has 0 aliphatic carbocycles. The number of halogens is 2. The molecule has 0 bridgehead atoms. The van der Waals surface area contributed by atoms with Gasteiger partial charge in [0.2, 0.25) is 11.8 Å². The quantitative estimate of drug-likeness (QED) is 0.588. The lowest BCUT2D eigenvalue weighted by atomic mass is 9.74. The van der Waals surface area contributed by atoms with Crippen LogP contribution in [0.4, 0.5) is 8.78 Å². The van der Waals surface area contributed by atoms with Gasteiger partial charge in [-0.05, 0) is 50.7 Å². The average Bonchev–Trinajstić information content (AvgIpc) is 3.15. The van der Waals surface area contributed by atoms with E-state index in [4.69, 9.17) is 4.74 Å². The number of carbonyl (C=O) groups excluding carboxylic acids is 3. The Hall–Kier alpha value is -2.51. The zero-order valence-corrected chi connectivity index (χ0v) is 18.0. The van der Waals surface area contributed by atoms with Crippen LogP contribution in [0.1, 0.15) is 51.0 Å². The number of benzene rings is 1. The van der Waals surface area contributed by atoms with Crippen molar-refractivity contribution in [1.82, 2.24) is 9.80 Å². The van der Waals surface area contributed by atoms with Crippen LogP contribution in [-0.2, 0) is 25.5 Å². The molecule has 2 fully saturated rings. The highest BCUT2D eigenvalue weighted by Crippen LogP contribution is 2.36. The molecule has 0 radical (unpaired) electrons. The summed E-state index contributed by atoms with van der Waals surface area (Å²) in [6.07, 6.45) is 3.40. The highest BCUT2D eigenvalue weighted by molar-refractivity contribution is 5.81. The lowest BCUT2D eigenvalue weighted by molar-refractivity contribution is -0.161. The van der Waals surface area contributed by atoms with Gasteiger partial charge in [-0.1, -0.05) is 6.07 Å². The molecule has 2 aliphatic heterocycles. The number of nitrogens with zero attached hydrogens (tertiary/aromatic N) is 2. The number of hydrogen-bond acceptors (Lipinski definition) is 4. The highest BCUT2D eigenvalue weighted by atomic mass is 19.1. The van der Waals surface area contributed by atoms with Crippen LogP contribution < -0.4 is 0 Å². The molecule has 1 aromatic carbocycles. The Bertz CT molecular complexity index is 832. The predicted molar refractivity (Wildman–Crippen MR) is 110 cm³/mol. The van der Waals surface area contributed by atoms with Crippen LogP contribution in [0.3, 0.4) is 0 Å². The van der Waals surface area contributed by atoms with Crippen LogP contribution in [0, 0.1) is 17.0 Å². The maximum Gasteiger partial charge on any atom is 0.314 e. The topological polar surface area (TPSA) is 66.9 Å². The third kappa shape index (κ3) is 5.60. The van der Waals surface area contributed by atoms with Crippen LogP contribution in [-0.4, -0.2) is 60.4 Å². The number of ether oxygens (including phenoxy) is 1. The van der Waals surface area contributed by atoms with Crippen molar-refractivity contribution in [2.24, 2.45) is 5.41 Å². The van der Waals surface area contributed by atoms with Crippen molar-refractivity contribution in [2.75, 3.05) is 32.8 Å². The molecule has 3 rings (SSSR count). The maximum absolute atomic E-state index is 14.3. The SMILES string of the molecule is CCOC(=O)C1(Cc2ccc(F)cc2F)CCCN(C(=O)CCCN2CCCC2=O)C1. The van der Waals surface area contributed by atoms with Gasteiger partial charge in [-0.15, -0.1) is 0 Å². The molecule has 0 spiro atoms. The zero-order chi connectivity index (χ0) is 22.4. The second-order valence-electron chi connectivity index (χ2n) is 8.42. The van der Waals surface area contributed by atoms with Crippen molar-refractivity contribution in [3.05, 3.63) is 35.4 Å². The van der Waals surface area contributed by atoms with E-state index in [-0.39, 0.29) is 43.4 Å².